The number of H-pyrrole nitrogens is 1. The summed E-state index contributed by atoms with van der Waals surface area (Å²) >= 11 is 0. The van der Waals surface area contributed by atoms with Crippen LogP contribution in [0.2, 0.25) is 0 Å². The Balaban J connectivity index is 1.51. The number of nitrogens with one attached hydrogen (secondary N) is 1. The molecule has 0 saturated heterocycles. The van der Waals surface area contributed by atoms with Crippen LogP contribution in [0.1, 0.15) is 34.9 Å². The zero-order chi connectivity index (χ0) is 30.3. The van der Waals surface area contributed by atoms with Crippen LogP contribution in [-0.4, -0.2) is 61.4 Å². The quantitative estimate of drug-likeness (QED) is 0.0992. The van der Waals surface area contributed by atoms with E-state index in [9.17, 15) is 4.79 Å². The number of aliphatic imine (C=N–C) groups is 1. The van der Waals surface area contributed by atoms with Crippen LogP contribution in [0, 0.1) is 0 Å². The van der Waals surface area contributed by atoms with Gasteiger partial charge in [0.15, 0.2) is 11.8 Å². The number of nitrogens with zero attached hydrogens (tertiary/aromatic N) is 6. The Bertz CT molecular complexity index is 1740. The lowest BCUT2D eigenvalue weighted by Crippen LogP contribution is -2.29. The summed E-state index contributed by atoms with van der Waals surface area (Å²) in [6.07, 6.45) is 5.47. The molecule has 0 radical (unpaired) electrons. The van der Waals surface area contributed by atoms with Gasteiger partial charge in [0.1, 0.15) is 11.5 Å². The highest BCUT2D eigenvalue weighted by molar-refractivity contribution is 5.97. The van der Waals surface area contributed by atoms with Gasteiger partial charge < -0.3 is 31.7 Å². The molecular weight excluding hydrogens is 540 g/mol. The third-order valence-electron chi connectivity index (χ3n) is 7.25. The van der Waals surface area contributed by atoms with E-state index in [1.54, 1.807) is 24.3 Å². The van der Waals surface area contributed by atoms with Crippen molar-refractivity contribution in [1.29, 1.82) is 0 Å². The second kappa shape index (κ2) is 13.0. The summed E-state index contributed by atoms with van der Waals surface area (Å²) in [7, 11) is 1.79. The van der Waals surface area contributed by atoms with Crippen LogP contribution in [0.5, 0.6) is 0 Å². The highest BCUT2D eigenvalue weighted by Crippen LogP contribution is 2.33. The molecular formula is C32H36N10O. The number of imidazole rings is 2. The number of carbonyl (C=O) groups excluding carboxylic acids is 1. The van der Waals surface area contributed by atoms with E-state index in [1.165, 1.54) is 0 Å². The molecule has 0 saturated carbocycles. The highest BCUT2D eigenvalue weighted by atomic mass is 16.2. The van der Waals surface area contributed by atoms with Crippen LogP contribution >= 0.6 is 0 Å². The summed E-state index contributed by atoms with van der Waals surface area (Å²) < 4.78 is 2.05. The first-order chi connectivity index (χ1) is 20.8. The number of nitrogens with two attached hydrogens (primary N) is 3. The first-order valence-corrected chi connectivity index (χ1v) is 14.1. The van der Waals surface area contributed by atoms with E-state index < -0.39 is 0 Å². The Hall–Kier alpha value is -5.45. The number of fused-ring (bicyclic) bond motifs is 1. The molecule has 0 bridgehead atoms. The molecule has 0 aliphatic heterocycles. The summed E-state index contributed by atoms with van der Waals surface area (Å²) in [4.78, 5) is 36.6. The molecule has 43 heavy (non-hydrogen) atoms. The molecule has 0 spiro atoms. The van der Waals surface area contributed by atoms with Crippen LogP contribution in [-0.2, 0) is 6.42 Å². The van der Waals surface area contributed by atoms with Gasteiger partial charge in [-0.05, 0) is 43.2 Å². The minimum Gasteiger partial charge on any atom is -0.401 e. The number of amides is 1. The van der Waals surface area contributed by atoms with Gasteiger partial charge in [0.2, 0.25) is 0 Å². The molecule has 1 amide bonds. The summed E-state index contributed by atoms with van der Waals surface area (Å²) in [6.45, 7) is 5.08. The molecule has 5 aromatic rings. The van der Waals surface area contributed by atoms with E-state index in [1.807, 2.05) is 66.7 Å². The average molecular weight is 577 g/mol. The molecule has 11 heteroatoms. The number of hydrogen-bond donors (Lipinski definition) is 4. The first kappa shape index (κ1) is 29.1. The molecule has 0 fully saturated rings. The van der Waals surface area contributed by atoms with Gasteiger partial charge >= 0.3 is 0 Å². The molecule has 5 rings (SSSR count). The summed E-state index contributed by atoms with van der Waals surface area (Å²) in [5.74, 6) is 1.30. The number of likely N-dealkylation sites (N-methyl/N-ethyl adjacent to an activating group) is 1. The fourth-order valence-electron chi connectivity index (χ4n) is 5.04. The molecule has 3 aromatic heterocycles. The Kier molecular flexibility index (Phi) is 8.80. The molecule has 0 aliphatic rings. The van der Waals surface area contributed by atoms with Crippen LogP contribution in [0.15, 0.2) is 96.4 Å². The highest BCUT2D eigenvalue weighted by Gasteiger charge is 2.24. The summed E-state index contributed by atoms with van der Waals surface area (Å²) in [5.41, 5.74) is 22.5. The number of aromatic nitrogens is 5. The number of pyridine rings is 1. The van der Waals surface area contributed by atoms with Crippen molar-refractivity contribution in [3.05, 3.63) is 103 Å². The average Bonchev–Trinajstić information content (AvgIpc) is 3.65. The van der Waals surface area contributed by atoms with E-state index in [2.05, 4.69) is 31.1 Å². The maximum Gasteiger partial charge on any atom is 0.253 e. The van der Waals surface area contributed by atoms with E-state index >= 15 is 0 Å². The maximum atomic E-state index is 13.4. The lowest BCUT2D eigenvalue weighted by molar-refractivity contribution is 0.0796. The van der Waals surface area contributed by atoms with Crippen molar-refractivity contribution in [1.82, 2.24) is 29.4 Å². The number of benzene rings is 2. The third-order valence-corrected chi connectivity index (χ3v) is 7.25. The molecule has 2 aromatic carbocycles. The second-order valence-corrected chi connectivity index (χ2v) is 10.4. The number of allylic oxidation sites excluding steroid dienone is 1. The topological polar surface area (TPSA) is 170 Å². The first-order valence-electron chi connectivity index (χ1n) is 14.1. The van der Waals surface area contributed by atoms with E-state index in [4.69, 9.17) is 22.2 Å². The Morgan fingerprint density at radius 3 is 2.58 bits per heavy atom. The lowest BCUT2D eigenvalue weighted by Gasteiger charge is -2.21. The SMILES string of the molecule is C=C(N)C(CCCN=C(N)N)n1c(-c2cnc(-c3ccccc3)[nH]2)nc2cc(C(=O)N(C)CCc3ccccn3)ccc21. The van der Waals surface area contributed by atoms with Crippen molar-refractivity contribution >= 4 is 22.9 Å². The minimum atomic E-state index is -0.305. The molecule has 3 heterocycles. The number of hydrogen-bond acceptors (Lipinski definition) is 6. The Morgan fingerprint density at radius 1 is 1.07 bits per heavy atom. The van der Waals surface area contributed by atoms with Crippen molar-refractivity contribution in [3.63, 3.8) is 0 Å². The molecule has 1 atom stereocenters. The number of aromatic amines is 1. The Morgan fingerprint density at radius 2 is 1.86 bits per heavy atom. The van der Waals surface area contributed by atoms with Crippen LogP contribution in [0.3, 0.4) is 0 Å². The van der Waals surface area contributed by atoms with Crippen molar-refractivity contribution < 1.29 is 4.79 Å². The fourth-order valence-corrected chi connectivity index (χ4v) is 5.04. The molecule has 7 N–H and O–H groups in total. The van der Waals surface area contributed by atoms with Crippen LogP contribution < -0.4 is 17.2 Å². The number of carbonyl (C=O) groups is 1. The number of rotatable bonds is 12. The zero-order valence-electron chi connectivity index (χ0n) is 24.1. The minimum absolute atomic E-state index is 0.0463. The van der Waals surface area contributed by atoms with Crippen molar-refractivity contribution in [2.45, 2.75) is 25.3 Å². The second-order valence-electron chi connectivity index (χ2n) is 10.4. The van der Waals surface area contributed by atoms with E-state index in [0.29, 0.717) is 60.6 Å². The summed E-state index contributed by atoms with van der Waals surface area (Å²) in [6, 6.07) is 20.9. The molecule has 11 nitrogen and oxygen atoms in total. The standard InChI is InChI=1S/C32H36N10O/c1-21(33)27(12-8-17-37-32(34)35)42-28-14-13-23(31(43)41(2)18-15-24-11-6-7-16-36-24)19-25(28)40-30(42)26-20-38-29(39-26)22-9-4-3-5-10-22/h3-7,9-11,13-14,16,19-20,27H,1,8,12,15,17-18,33H2,2H3,(H,38,39)(H4,34,35,37). The van der Waals surface area contributed by atoms with Gasteiger partial charge in [0, 0.05) is 55.3 Å². The Labute approximate surface area is 250 Å². The zero-order valence-corrected chi connectivity index (χ0v) is 24.1. The monoisotopic (exact) mass is 576 g/mol. The van der Waals surface area contributed by atoms with Crippen LogP contribution in [0.4, 0.5) is 0 Å². The van der Waals surface area contributed by atoms with Crippen molar-refractivity contribution in [2.24, 2.45) is 22.2 Å². The third kappa shape index (κ3) is 6.72. The lowest BCUT2D eigenvalue weighted by atomic mass is 10.1. The van der Waals surface area contributed by atoms with Crippen LogP contribution in [0.25, 0.3) is 33.9 Å². The fraction of sp³-hybridized carbons (Fsp3) is 0.219. The van der Waals surface area contributed by atoms with Gasteiger partial charge in [-0.15, -0.1) is 0 Å². The molecule has 0 aliphatic carbocycles. The molecule has 220 valence electrons. The smallest absolute Gasteiger partial charge is 0.253 e. The maximum absolute atomic E-state index is 13.4. The van der Waals surface area contributed by atoms with Gasteiger partial charge in [0.05, 0.1) is 23.3 Å². The van der Waals surface area contributed by atoms with Crippen molar-refractivity contribution in [2.75, 3.05) is 20.1 Å². The summed E-state index contributed by atoms with van der Waals surface area (Å²) in [5, 5.41) is 0. The van der Waals surface area contributed by atoms with E-state index in [0.717, 1.165) is 22.6 Å². The van der Waals surface area contributed by atoms with Crippen molar-refractivity contribution in [3.8, 4) is 22.9 Å². The van der Waals surface area contributed by atoms with Gasteiger partial charge in [0.25, 0.3) is 5.91 Å². The number of guanidine groups is 1. The van der Waals surface area contributed by atoms with Gasteiger partial charge in [-0.3, -0.25) is 14.8 Å². The normalized spacial score (nSPS) is 11.7. The molecule has 1 unspecified atom stereocenters. The predicted molar refractivity (Wildman–Crippen MR) is 170 cm³/mol. The van der Waals surface area contributed by atoms with E-state index in [-0.39, 0.29) is 17.9 Å². The van der Waals surface area contributed by atoms with Gasteiger partial charge in [-0.1, -0.05) is 43.0 Å². The van der Waals surface area contributed by atoms with Gasteiger partial charge in [-0.25, -0.2) is 9.97 Å². The predicted octanol–water partition coefficient (Wildman–Crippen LogP) is 3.87. The largest absolute Gasteiger partial charge is 0.401 e. The van der Waals surface area contributed by atoms with Gasteiger partial charge in [-0.2, -0.15) is 0 Å².